The summed E-state index contributed by atoms with van der Waals surface area (Å²) in [5.74, 6) is 1.56. The van der Waals surface area contributed by atoms with Gasteiger partial charge in [-0.05, 0) is 43.1 Å². The minimum absolute atomic E-state index is 0.429. The zero-order valence-corrected chi connectivity index (χ0v) is 11.3. The summed E-state index contributed by atoms with van der Waals surface area (Å²) in [5.41, 5.74) is 6.96. The summed E-state index contributed by atoms with van der Waals surface area (Å²) in [7, 11) is 0. The molecule has 0 aromatic heterocycles. The molecule has 1 aliphatic carbocycles. The van der Waals surface area contributed by atoms with Crippen molar-refractivity contribution in [2.45, 2.75) is 38.7 Å². The molecule has 0 radical (unpaired) electrons. The first-order valence-corrected chi connectivity index (χ1v) is 7.15. The van der Waals surface area contributed by atoms with Gasteiger partial charge in [0.05, 0.1) is 12.7 Å². The molecule has 1 aromatic carbocycles. The second kappa shape index (κ2) is 6.91. The molecular weight excluding hydrogens is 222 g/mol. The van der Waals surface area contributed by atoms with Crippen LogP contribution in [0.4, 0.5) is 0 Å². The Bertz CT molecular complexity index is 336. The molecule has 1 aliphatic rings. The van der Waals surface area contributed by atoms with E-state index in [0.29, 0.717) is 19.3 Å². The van der Waals surface area contributed by atoms with Gasteiger partial charge in [-0.1, -0.05) is 37.3 Å². The summed E-state index contributed by atoms with van der Waals surface area (Å²) < 4.78 is 5.82. The van der Waals surface area contributed by atoms with Gasteiger partial charge in [0.25, 0.3) is 0 Å². The van der Waals surface area contributed by atoms with Gasteiger partial charge in [-0.15, -0.1) is 0 Å². The average Bonchev–Trinajstić information content (AvgIpc) is 2.41. The van der Waals surface area contributed by atoms with Crippen LogP contribution in [0.5, 0.6) is 0 Å². The highest BCUT2D eigenvalue weighted by Gasteiger charge is 2.28. The fourth-order valence-corrected chi connectivity index (χ4v) is 2.96. The summed E-state index contributed by atoms with van der Waals surface area (Å²) in [6.45, 7) is 3.72. The minimum atomic E-state index is 0.429. The van der Waals surface area contributed by atoms with E-state index in [0.717, 1.165) is 11.8 Å². The SMILES string of the molecule is C[C@@H]1CC[C@@H](OCCN)CC1Cc1ccccc1. The molecule has 18 heavy (non-hydrogen) atoms. The summed E-state index contributed by atoms with van der Waals surface area (Å²) in [5, 5.41) is 0. The molecule has 100 valence electrons. The Kier molecular flexibility index (Phi) is 5.21. The topological polar surface area (TPSA) is 35.2 Å². The van der Waals surface area contributed by atoms with Gasteiger partial charge in [0.2, 0.25) is 0 Å². The van der Waals surface area contributed by atoms with Crippen molar-refractivity contribution >= 4 is 0 Å². The lowest BCUT2D eigenvalue weighted by Crippen LogP contribution is -2.30. The van der Waals surface area contributed by atoms with Gasteiger partial charge in [0, 0.05) is 6.54 Å². The maximum absolute atomic E-state index is 5.82. The van der Waals surface area contributed by atoms with E-state index in [1.807, 2.05) is 0 Å². The molecule has 2 heteroatoms. The quantitative estimate of drug-likeness (QED) is 0.868. The first-order valence-electron chi connectivity index (χ1n) is 7.15. The third-order valence-corrected chi connectivity index (χ3v) is 4.13. The van der Waals surface area contributed by atoms with Gasteiger partial charge < -0.3 is 10.5 Å². The third-order valence-electron chi connectivity index (χ3n) is 4.13. The van der Waals surface area contributed by atoms with Crippen LogP contribution in [-0.2, 0) is 11.2 Å². The first-order chi connectivity index (χ1) is 8.79. The first kappa shape index (κ1) is 13.6. The molecule has 1 unspecified atom stereocenters. The van der Waals surface area contributed by atoms with Crippen LogP contribution in [0.15, 0.2) is 30.3 Å². The second-order valence-electron chi connectivity index (χ2n) is 5.52. The lowest BCUT2D eigenvalue weighted by atomic mass is 9.76. The van der Waals surface area contributed by atoms with Crippen molar-refractivity contribution < 1.29 is 4.74 Å². The number of ether oxygens (including phenoxy) is 1. The number of hydrogen-bond donors (Lipinski definition) is 1. The van der Waals surface area contributed by atoms with E-state index < -0.39 is 0 Å². The average molecular weight is 247 g/mol. The predicted molar refractivity (Wildman–Crippen MR) is 75.4 cm³/mol. The predicted octanol–water partition coefficient (Wildman–Crippen LogP) is 3.01. The van der Waals surface area contributed by atoms with Crippen LogP contribution in [0.1, 0.15) is 31.7 Å². The summed E-state index contributed by atoms with van der Waals surface area (Å²) in [4.78, 5) is 0. The van der Waals surface area contributed by atoms with E-state index in [9.17, 15) is 0 Å². The van der Waals surface area contributed by atoms with Crippen molar-refractivity contribution in [1.82, 2.24) is 0 Å². The van der Waals surface area contributed by atoms with Crippen LogP contribution in [0.3, 0.4) is 0 Å². The fourth-order valence-electron chi connectivity index (χ4n) is 2.96. The van der Waals surface area contributed by atoms with Crippen LogP contribution < -0.4 is 5.73 Å². The molecule has 3 atom stereocenters. The van der Waals surface area contributed by atoms with Gasteiger partial charge in [0.1, 0.15) is 0 Å². The smallest absolute Gasteiger partial charge is 0.0592 e. The van der Waals surface area contributed by atoms with Gasteiger partial charge >= 0.3 is 0 Å². The Morgan fingerprint density at radius 1 is 1.22 bits per heavy atom. The summed E-state index contributed by atoms with van der Waals surface area (Å²) in [6.07, 6.45) is 5.29. The highest BCUT2D eigenvalue weighted by molar-refractivity contribution is 5.15. The van der Waals surface area contributed by atoms with Gasteiger partial charge in [0.15, 0.2) is 0 Å². The van der Waals surface area contributed by atoms with Crippen molar-refractivity contribution in [1.29, 1.82) is 0 Å². The maximum atomic E-state index is 5.82. The van der Waals surface area contributed by atoms with Crippen LogP contribution in [0, 0.1) is 11.8 Å². The summed E-state index contributed by atoms with van der Waals surface area (Å²) in [6, 6.07) is 10.8. The molecule has 1 aromatic rings. The van der Waals surface area contributed by atoms with Gasteiger partial charge in [-0.3, -0.25) is 0 Å². The second-order valence-corrected chi connectivity index (χ2v) is 5.52. The molecular formula is C16H25NO. The lowest BCUT2D eigenvalue weighted by molar-refractivity contribution is 0.00314. The Balaban J connectivity index is 1.89. The number of benzene rings is 1. The zero-order valence-electron chi connectivity index (χ0n) is 11.3. The molecule has 1 saturated carbocycles. The third kappa shape index (κ3) is 3.82. The summed E-state index contributed by atoms with van der Waals surface area (Å²) >= 11 is 0. The molecule has 0 bridgehead atoms. The van der Waals surface area contributed by atoms with Crippen molar-refractivity contribution in [2.24, 2.45) is 17.6 Å². The Morgan fingerprint density at radius 2 is 2.00 bits per heavy atom. The molecule has 0 aliphatic heterocycles. The van der Waals surface area contributed by atoms with Gasteiger partial charge in [-0.2, -0.15) is 0 Å². The van der Waals surface area contributed by atoms with Crippen LogP contribution in [0.25, 0.3) is 0 Å². The fraction of sp³-hybridized carbons (Fsp3) is 0.625. The maximum Gasteiger partial charge on any atom is 0.0592 e. The molecule has 2 rings (SSSR count). The molecule has 2 nitrogen and oxygen atoms in total. The van der Waals surface area contributed by atoms with Crippen LogP contribution in [-0.4, -0.2) is 19.3 Å². The van der Waals surface area contributed by atoms with E-state index in [4.69, 9.17) is 10.5 Å². The molecule has 0 heterocycles. The lowest BCUT2D eigenvalue weighted by Gasteiger charge is -2.34. The standard InChI is InChI=1S/C16H25NO/c1-13-7-8-16(18-10-9-17)12-15(13)11-14-5-3-2-4-6-14/h2-6,13,15-16H,7-12,17H2,1H3/t13-,15?,16-/m1/s1. The van der Waals surface area contributed by atoms with Crippen molar-refractivity contribution in [3.63, 3.8) is 0 Å². The number of rotatable bonds is 5. The molecule has 1 fully saturated rings. The molecule has 0 amide bonds. The highest BCUT2D eigenvalue weighted by Crippen LogP contribution is 2.33. The van der Waals surface area contributed by atoms with Crippen molar-refractivity contribution in [2.75, 3.05) is 13.2 Å². The van der Waals surface area contributed by atoms with E-state index in [2.05, 4.69) is 37.3 Å². The Labute approximate surface area is 111 Å². The monoisotopic (exact) mass is 247 g/mol. The normalized spacial score (nSPS) is 28.2. The Morgan fingerprint density at radius 3 is 2.72 bits per heavy atom. The zero-order chi connectivity index (χ0) is 12.8. The molecule has 2 N–H and O–H groups in total. The van der Waals surface area contributed by atoms with E-state index in [-0.39, 0.29) is 0 Å². The van der Waals surface area contributed by atoms with Crippen molar-refractivity contribution in [3.05, 3.63) is 35.9 Å². The van der Waals surface area contributed by atoms with Crippen LogP contribution in [0.2, 0.25) is 0 Å². The van der Waals surface area contributed by atoms with E-state index in [1.165, 1.54) is 31.2 Å². The van der Waals surface area contributed by atoms with E-state index in [1.54, 1.807) is 0 Å². The van der Waals surface area contributed by atoms with E-state index >= 15 is 0 Å². The number of hydrogen-bond acceptors (Lipinski definition) is 2. The Hall–Kier alpha value is -0.860. The number of nitrogens with two attached hydrogens (primary N) is 1. The highest BCUT2D eigenvalue weighted by atomic mass is 16.5. The minimum Gasteiger partial charge on any atom is -0.377 e. The van der Waals surface area contributed by atoms with Crippen molar-refractivity contribution in [3.8, 4) is 0 Å². The molecule has 0 saturated heterocycles. The van der Waals surface area contributed by atoms with Gasteiger partial charge in [-0.25, -0.2) is 0 Å². The largest absolute Gasteiger partial charge is 0.377 e. The molecule has 0 spiro atoms. The van der Waals surface area contributed by atoms with Crippen LogP contribution >= 0.6 is 0 Å².